The Balaban J connectivity index is 2.18. The molecule has 0 aromatic heterocycles. The van der Waals surface area contributed by atoms with Crippen molar-refractivity contribution >= 4 is 23.2 Å². The molecule has 1 aliphatic heterocycles. The van der Waals surface area contributed by atoms with E-state index in [2.05, 4.69) is 9.80 Å². The van der Waals surface area contributed by atoms with Gasteiger partial charge in [0.05, 0.1) is 12.2 Å². The summed E-state index contributed by atoms with van der Waals surface area (Å²) in [5, 5.41) is 18.8. The van der Waals surface area contributed by atoms with Gasteiger partial charge in [0.1, 0.15) is 0 Å². The van der Waals surface area contributed by atoms with Crippen molar-refractivity contribution in [2.45, 2.75) is 12.2 Å². The number of β-amino-alcohol motifs (C(OH)–C–C–N with tert-alkyl or cyclic N) is 2. The van der Waals surface area contributed by atoms with Gasteiger partial charge >= 0.3 is 0 Å². The third-order valence-corrected chi connectivity index (χ3v) is 3.47. The van der Waals surface area contributed by atoms with Gasteiger partial charge in [0.25, 0.3) is 0 Å². The van der Waals surface area contributed by atoms with Crippen LogP contribution in [0.15, 0.2) is 0 Å². The predicted molar refractivity (Wildman–Crippen MR) is 66.3 cm³/mol. The van der Waals surface area contributed by atoms with Crippen LogP contribution < -0.4 is 0 Å². The highest BCUT2D eigenvalue weighted by molar-refractivity contribution is 6.18. The van der Waals surface area contributed by atoms with E-state index in [1.807, 2.05) is 0 Å². The maximum Gasteiger partial charge on any atom is 0.0802 e. The lowest BCUT2D eigenvalue weighted by Gasteiger charge is -2.36. The monoisotopic (exact) mass is 270 g/mol. The number of aliphatic hydroxyl groups is 2. The minimum absolute atomic E-state index is 0.283. The molecule has 0 saturated carbocycles. The van der Waals surface area contributed by atoms with Crippen molar-refractivity contribution in [3.63, 3.8) is 0 Å². The zero-order valence-electron chi connectivity index (χ0n) is 9.36. The van der Waals surface area contributed by atoms with Crippen molar-refractivity contribution in [2.75, 3.05) is 51.0 Å². The molecule has 0 amide bonds. The number of alkyl halides is 2. The minimum Gasteiger partial charge on any atom is -0.391 e. The van der Waals surface area contributed by atoms with Crippen molar-refractivity contribution in [1.82, 2.24) is 9.80 Å². The Morgan fingerprint density at radius 2 is 1.12 bits per heavy atom. The Labute approximate surface area is 107 Å². The zero-order valence-corrected chi connectivity index (χ0v) is 10.9. The second kappa shape index (κ2) is 7.69. The van der Waals surface area contributed by atoms with Crippen LogP contribution in [-0.4, -0.2) is 83.2 Å². The molecule has 2 atom stereocenters. The highest BCUT2D eigenvalue weighted by Gasteiger charge is 2.20. The Kier molecular flexibility index (Phi) is 6.96. The van der Waals surface area contributed by atoms with E-state index in [1.54, 1.807) is 0 Å². The van der Waals surface area contributed by atoms with Crippen LogP contribution >= 0.6 is 23.2 Å². The highest BCUT2D eigenvalue weighted by atomic mass is 35.5. The van der Waals surface area contributed by atoms with Crippen LogP contribution in [0, 0.1) is 0 Å². The summed E-state index contributed by atoms with van der Waals surface area (Å²) in [4.78, 5) is 4.38. The largest absolute Gasteiger partial charge is 0.391 e. The maximum atomic E-state index is 9.41. The Morgan fingerprint density at radius 1 is 0.812 bits per heavy atom. The average molecular weight is 271 g/mol. The van der Waals surface area contributed by atoms with Crippen LogP contribution in [0.3, 0.4) is 0 Å². The van der Waals surface area contributed by atoms with Gasteiger partial charge in [-0.15, -0.1) is 23.2 Å². The van der Waals surface area contributed by atoms with Crippen LogP contribution in [0.5, 0.6) is 0 Å². The summed E-state index contributed by atoms with van der Waals surface area (Å²) < 4.78 is 0. The fraction of sp³-hybridized carbons (Fsp3) is 1.00. The second-order valence-corrected chi connectivity index (χ2v) is 4.83. The molecule has 0 aromatic carbocycles. The molecule has 0 spiro atoms. The lowest BCUT2D eigenvalue weighted by molar-refractivity contribution is 0.0591. The first-order valence-electron chi connectivity index (χ1n) is 5.58. The van der Waals surface area contributed by atoms with E-state index in [0.29, 0.717) is 13.1 Å². The standard InChI is InChI=1S/C10H20Cl2N2O2/c11-5-9(15)7-13-1-2-14(4-3-13)8-10(16)6-12/h9-10,15-16H,1-8H2/t9-,10-/m0/s1. The van der Waals surface area contributed by atoms with Gasteiger partial charge in [0, 0.05) is 51.0 Å². The third kappa shape index (κ3) is 5.17. The maximum absolute atomic E-state index is 9.41. The first-order chi connectivity index (χ1) is 7.65. The molecule has 4 nitrogen and oxygen atoms in total. The summed E-state index contributed by atoms with van der Waals surface area (Å²) in [5.74, 6) is 0.566. The number of hydrogen-bond acceptors (Lipinski definition) is 4. The summed E-state index contributed by atoms with van der Waals surface area (Å²) in [5.41, 5.74) is 0. The molecule has 0 aliphatic carbocycles. The van der Waals surface area contributed by atoms with E-state index in [1.165, 1.54) is 0 Å². The van der Waals surface area contributed by atoms with Crippen molar-refractivity contribution in [3.8, 4) is 0 Å². The van der Waals surface area contributed by atoms with Gasteiger partial charge in [-0.05, 0) is 0 Å². The van der Waals surface area contributed by atoms with Crippen LogP contribution in [-0.2, 0) is 0 Å². The first-order valence-corrected chi connectivity index (χ1v) is 6.65. The number of hydrogen-bond donors (Lipinski definition) is 2. The SMILES string of the molecule is O[C@@H](CCl)CN1CCN(C[C@@H](O)CCl)CC1. The van der Waals surface area contributed by atoms with Gasteiger partial charge in [-0.2, -0.15) is 0 Å². The van der Waals surface area contributed by atoms with E-state index < -0.39 is 12.2 Å². The van der Waals surface area contributed by atoms with Gasteiger partial charge in [0.15, 0.2) is 0 Å². The van der Waals surface area contributed by atoms with Crippen LogP contribution in [0.25, 0.3) is 0 Å². The van der Waals surface area contributed by atoms with E-state index in [4.69, 9.17) is 23.2 Å². The fourth-order valence-corrected chi connectivity index (χ4v) is 2.04. The average Bonchev–Trinajstić information content (AvgIpc) is 2.31. The molecule has 0 aromatic rings. The third-order valence-electron chi connectivity index (χ3n) is 2.76. The van der Waals surface area contributed by atoms with Crippen LogP contribution in [0.1, 0.15) is 0 Å². The van der Waals surface area contributed by atoms with Crippen molar-refractivity contribution in [1.29, 1.82) is 0 Å². The molecular formula is C10H20Cl2N2O2. The molecule has 6 heteroatoms. The van der Waals surface area contributed by atoms with E-state index in [-0.39, 0.29) is 11.8 Å². The molecule has 96 valence electrons. The summed E-state index contributed by atoms with van der Waals surface area (Å²) in [6.07, 6.45) is -0.886. The van der Waals surface area contributed by atoms with Gasteiger partial charge in [0.2, 0.25) is 0 Å². The van der Waals surface area contributed by atoms with Crippen molar-refractivity contribution in [3.05, 3.63) is 0 Å². The summed E-state index contributed by atoms with van der Waals surface area (Å²) in [6.45, 7) is 4.89. The molecule has 0 bridgehead atoms. The van der Waals surface area contributed by atoms with Gasteiger partial charge in [-0.1, -0.05) is 0 Å². The number of aliphatic hydroxyl groups excluding tert-OH is 2. The van der Waals surface area contributed by atoms with Gasteiger partial charge < -0.3 is 10.2 Å². The van der Waals surface area contributed by atoms with E-state index >= 15 is 0 Å². The summed E-state index contributed by atoms with van der Waals surface area (Å²) >= 11 is 11.1. The Hall–Kier alpha value is 0.420. The van der Waals surface area contributed by atoms with Gasteiger partial charge in [-0.25, -0.2) is 0 Å². The molecule has 0 radical (unpaired) electrons. The predicted octanol–water partition coefficient (Wildman–Crippen LogP) is -0.197. The lowest BCUT2D eigenvalue weighted by atomic mass is 10.2. The first kappa shape index (κ1) is 14.5. The van der Waals surface area contributed by atoms with Crippen LogP contribution in [0.4, 0.5) is 0 Å². The lowest BCUT2D eigenvalue weighted by Crippen LogP contribution is -2.50. The van der Waals surface area contributed by atoms with Crippen LogP contribution in [0.2, 0.25) is 0 Å². The molecule has 2 N–H and O–H groups in total. The fourth-order valence-electron chi connectivity index (χ4n) is 1.85. The van der Waals surface area contributed by atoms with E-state index in [9.17, 15) is 10.2 Å². The number of halogens is 2. The summed E-state index contributed by atoms with van der Waals surface area (Å²) in [6, 6.07) is 0. The molecule has 0 unspecified atom stereocenters. The smallest absolute Gasteiger partial charge is 0.0802 e. The topological polar surface area (TPSA) is 46.9 Å². The molecule has 1 rings (SSSR count). The van der Waals surface area contributed by atoms with Crippen molar-refractivity contribution < 1.29 is 10.2 Å². The van der Waals surface area contributed by atoms with Crippen molar-refractivity contribution in [2.24, 2.45) is 0 Å². The number of nitrogens with zero attached hydrogens (tertiary/aromatic N) is 2. The molecule has 1 heterocycles. The molecule has 1 fully saturated rings. The Morgan fingerprint density at radius 3 is 1.38 bits per heavy atom. The summed E-state index contributed by atoms with van der Waals surface area (Å²) in [7, 11) is 0. The van der Waals surface area contributed by atoms with E-state index in [0.717, 1.165) is 26.2 Å². The molecular weight excluding hydrogens is 251 g/mol. The van der Waals surface area contributed by atoms with Gasteiger partial charge in [-0.3, -0.25) is 9.80 Å². The number of piperazine rings is 1. The molecule has 16 heavy (non-hydrogen) atoms. The number of rotatable bonds is 6. The molecule has 1 aliphatic rings. The minimum atomic E-state index is -0.443. The normalized spacial score (nSPS) is 23.2. The second-order valence-electron chi connectivity index (χ2n) is 4.22. The quantitative estimate of drug-likeness (QED) is 0.657. The highest BCUT2D eigenvalue weighted by Crippen LogP contribution is 2.04. The molecule has 1 saturated heterocycles. The Bertz CT molecular complexity index is 170. The zero-order chi connectivity index (χ0) is 12.0.